The molecule has 0 atom stereocenters. The lowest BCUT2D eigenvalue weighted by molar-refractivity contribution is 0.102. The van der Waals surface area contributed by atoms with Crippen molar-refractivity contribution in [2.75, 3.05) is 43.4 Å². The molecule has 0 unspecified atom stereocenters. The molecule has 0 saturated carbocycles. The number of amides is 1. The number of nitrogens with one attached hydrogen (secondary N) is 2. The molecule has 0 spiro atoms. The van der Waals surface area contributed by atoms with Crippen LogP contribution >= 0.6 is 0 Å². The van der Waals surface area contributed by atoms with E-state index in [2.05, 4.69) is 43.4 Å². The van der Waals surface area contributed by atoms with E-state index in [9.17, 15) is 4.79 Å². The zero-order chi connectivity index (χ0) is 20.5. The van der Waals surface area contributed by atoms with Crippen LogP contribution in [0.4, 0.5) is 17.2 Å². The molecule has 0 bridgehead atoms. The summed E-state index contributed by atoms with van der Waals surface area (Å²) in [4.78, 5) is 22.0. The molecule has 1 aromatic heterocycles. The van der Waals surface area contributed by atoms with Gasteiger partial charge in [-0.15, -0.1) is 0 Å². The first-order valence-electron chi connectivity index (χ1n) is 10.2. The second-order valence-electron chi connectivity index (χ2n) is 7.82. The Hall–Kier alpha value is -3.45. The van der Waals surface area contributed by atoms with E-state index in [0.29, 0.717) is 11.4 Å². The summed E-state index contributed by atoms with van der Waals surface area (Å²) in [7, 11) is 2.14. The number of aromatic nitrogens is 2. The maximum absolute atomic E-state index is 12.6. The number of nitrogens with zero attached hydrogens (tertiary/aromatic N) is 4. The summed E-state index contributed by atoms with van der Waals surface area (Å²) in [6.45, 7) is 4.12. The zero-order valence-corrected chi connectivity index (χ0v) is 16.9. The molecule has 5 rings (SSSR count). The first-order valence-corrected chi connectivity index (χ1v) is 10.2. The molecule has 0 aliphatic carbocycles. The molecule has 1 fully saturated rings. The third-order valence-electron chi connectivity index (χ3n) is 5.73. The zero-order valence-electron chi connectivity index (χ0n) is 16.9. The van der Waals surface area contributed by atoms with Crippen molar-refractivity contribution in [2.24, 2.45) is 4.99 Å². The number of carbonyl (C=O) groups is 1. The quantitative estimate of drug-likeness (QED) is 0.706. The Morgan fingerprint density at radius 3 is 2.57 bits per heavy atom. The summed E-state index contributed by atoms with van der Waals surface area (Å²) >= 11 is 0. The third kappa shape index (κ3) is 3.71. The summed E-state index contributed by atoms with van der Waals surface area (Å²) in [5.41, 5.74) is 5.72. The standard InChI is InChI=1S/C23H24N6O/c1-28-10-12-29(13-11-28)18-8-6-16(7-9-18)23(30)25-22-15-21(26-27-22)20-14-17-4-2-3-5-19(17)24-20/h2-9,15H,10-14H2,1H3,(H2,25,26,27,30). The molecule has 2 aromatic carbocycles. The molecule has 2 N–H and O–H groups in total. The van der Waals surface area contributed by atoms with E-state index < -0.39 is 0 Å². The number of benzene rings is 2. The normalized spacial score (nSPS) is 16.3. The number of fused-ring (bicyclic) bond motifs is 1. The van der Waals surface area contributed by atoms with Gasteiger partial charge in [-0.2, -0.15) is 5.10 Å². The number of aromatic amines is 1. The fourth-order valence-electron chi connectivity index (χ4n) is 3.90. The second-order valence-corrected chi connectivity index (χ2v) is 7.82. The van der Waals surface area contributed by atoms with Crippen LogP contribution in [-0.2, 0) is 6.42 Å². The Kier molecular flexibility index (Phi) is 4.80. The third-order valence-corrected chi connectivity index (χ3v) is 5.73. The van der Waals surface area contributed by atoms with Crippen LogP contribution < -0.4 is 10.2 Å². The highest BCUT2D eigenvalue weighted by atomic mass is 16.1. The largest absolute Gasteiger partial charge is 0.369 e. The fourth-order valence-corrected chi connectivity index (χ4v) is 3.90. The van der Waals surface area contributed by atoms with Gasteiger partial charge in [0.2, 0.25) is 0 Å². The lowest BCUT2D eigenvalue weighted by Gasteiger charge is -2.34. The lowest BCUT2D eigenvalue weighted by atomic mass is 10.1. The molecule has 7 nitrogen and oxygen atoms in total. The summed E-state index contributed by atoms with van der Waals surface area (Å²) < 4.78 is 0. The number of aliphatic imine (C=N–C) groups is 1. The smallest absolute Gasteiger partial charge is 0.256 e. The summed E-state index contributed by atoms with van der Waals surface area (Å²) in [6, 6.07) is 17.7. The van der Waals surface area contributed by atoms with E-state index in [1.54, 1.807) is 0 Å². The van der Waals surface area contributed by atoms with Crippen LogP contribution in [0.3, 0.4) is 0 Å². The minimum Gasteiger partial charge on any atom is -0.369 e. The van der Waals surface area contributed by atoms with Crippen LogP contribution in [0.25, 0.3) is 0 Å². The SMILES string of the molecule is CN1CCN(c2ccc(C(=O)Nc3cc(C4=Nc5ccccc5C4)[nH]n3)cc2)CC1. The van der Waals surface area contributed by atoms with Crippen molar-refractivity contribution < 1.29 is 4.79 Å². The molecule has 3 heterocycles. The van der Waals surface area contributed by atoms with Gasteiger partial charge >= 0.3 is 0 Å². The summed E-state index contributed by atoms with van der Waals surface area (Å²) in [5.74, 6) is 0.325. The van der Waals surface area contributed by atoms with Gasteiger partial charge in [-0.1, -0.05) is 18.2 Å². The number of carbonyl (C=O) groups excluding carboxylic acids is 1. The molecular formula is C23H24N6O. The molecule has 0 radical (unpaired) electrons. The Bertz CT molecular complexity index is 1090. The van der Waals surface area contributed by atoms with Gasteiger partial charge in [0.1, 0.15) is 0 Å². The lowest BCUT2D eigenvalue weighted by Crippen LogP contribution is -2.44. The van der Waals surface area contributed by atoms with Gasteiger partial charge in [-0.05, 0) is 42.9 Å². The number of piperazine rings is 1. The Morgan fingerprint density at radius 1 is 1.03 bits per heavy atom. The van der Waals surface area contributed by atoms with Crippen LogP contribution in [0.15, 0.2) is 59.6 Å². The number of hydrogen-bond acceptors (Lipinski definition) is 5. The number of H-pyrrole nitrogens is 1. The molecule has 1 amide bonds. The highest BCUT2D eigenvalue weighted by molar-refractivity contribution is 6.07. The fraction of sp³-hybridized carbons (Fsp3) is 0.261. The van der Waals surface area contributed by atoms with Gasteiger partial charge < -0.3 is 15.1 Å². The van der Waals surface area contributed by atoms with E-state index in [1.165, 1.54) is 5.56 Å². The topological polar surface area (TPSA) is 76.6 Å². The Balaban J connectivity index is 1.23. The predicted octanol–water partition coefficient (Wildman–Crippen LogP) is 3.09. The highest BCUT2D eigenvalue weighted by Crippen LogP contribution is 2.28. The highest BCUT2D eigenvalue weighted by Gasteiger charge is 2.18. The van der Waals surface area contributed by atoms with E-state index in [4.69, 9.17) is 0 Å². The van der Waals surface area contributed by atoms with E-state index in [1.807, 2.05) is 48.5 Å². The van der Waals surface area contributed by atoms with Gasteiger partial charge in [0.25, 0.3) is 5.91 Å². The number of hydrogen-bond donors (Lipinski definition) is 2. The predicted molar refractivity (Wildman–Crippen MR) is 119 cm³/mol. The van der Waals surface area contributed by atoms with Gasteiger partial charge in [-0.25, -0.2) is 0 Å². The van der Waals surface area contributed by atoms with Crippen LogP contribution in [0.1, 0.15) is 21.6 Å². The summed E-state index contributed by atoms with van der Waals surface area (Å²) in [5, 5.41) is 10.1. The minimum absolute atomic E-state index is 0.172. The van der Waals surface area contributed by atoms with Gasteiger partial charge in [0, 0.05) is 49.9 Å². The molecule has 152 valence electrons. The molecule has 3 aromatic rings. The monoisotopic (exact) mass is 400 g/mol. The van der Waals surface area contributed by atoms with Crippen molar-refractivity contribution in [3.63, 3.8) is 0 Å². The van der Waals surface area contributed by atoms with Crippen molar-refractivity contribution in [1.29, 1.82) is 0 Å². The van der Waals surface area contributed by atoms with Gasteiger partial charge in [0.05, 0.1) is 17.1 Å². The van der Waals surface area contributed by atoms with Crippen molar-refractivity contribution in [2.45, 2.75) is 6.42 Å². The van der Waals surface area contributed by atoms with Crippen LogP contribution in [0.2, 0.25) is 0 Å². The van der Waals surface area contributed by atoms with Crippen molar-refractivity contribution in [3.05, 3.63) is 71.4 Å². The first-order chi connectivity index (χ1) is 14.7. The van der Waals surface area contributed by atoms with Gasteiger partial charge in [-0.3, -0.25) is 14.9 Å². The van der Waals surface area contributed by atoms with Crippen LogP contribution in [-0.4, -0.2) is 59.9 Å². The number of rotatable bonds is 4. The van der Waals surface area contributed by atoms with Crippen molar-refractivity contribution in [3.8, 4) is 0 Å². The minimum atomic E-state index is -0.172. The molecule has 2 aliphatic heterocycles. The average molecular weight is 400 g/mol. The maximum Gasteiger partial charge on any atom is 0.256 e. The average Bonchev–Trinajstić information content (AvgIpc) is 3.41. The van der Waals surface area contributed by atoms with Crippen LogP contribution in [0, 0.1) is 0 Å². The molecular weight excluding hydrogens is 376 g/mol. The molecule has 1 saturated heterocycles. The van der Waals surface area contributed by atoms with E-state index in [-0.39, 0.29) is 5.91 Å². The van der Waals surface area contributed by atoms with Crippen molar-refractivity contribution in [1.82, 2.24) is 15.1 Å². The summed E-state index contributed by atoms with van der Waals surface area (Å²) in [6.07, 6.45) is 0.763. The maximum atomic E-state index is 12.6. The second kappa shape index (κ2) is 7.76. The first kappa shape index (κ1) is 18.6. The van der Waals surface area contributed by atoms with E-state index in [0.717, 1.165) is 55.4 Å². The molecule has 30 heavy (non-hydrogen) atoms. The molecule has 7 heteroatoms. The Labute approximate surface area is 175 Å². The number of anilines is 2. The molecule has 2 aliphatic rings. The van der Waals surface area contributed by atoms with E-state index >= 15 is 0 Å². The number of para-hydroxylation sites is 1. The number of likely N-dealkylation sites (N-methyl/N-ethyl adjacent to an activating group) is 1. The van der Waals surface area contributed by atoms with Crippen LogP contribution in [0.5, 0.6) is 0 Å². The van der Waals surface area contributed by atoms with Crippen molar-refractivity contribution >= 4 is 28.8 Å². The Morgan fingerprint density at radius 2 is 1.80 bits per heavy atom. The van der Waals surface area contributed by atoms with Gasteiger partial charge in [0.15, 0.2) is 5.82 Å².